The summed E-state index contributed by atoms with van der Waals surface area (Å²) < 4.78 is 0. The van der Waals surface area contributed by atoms with Gasteiger partial charge in [-0.05, 0) is 26.7 Å². The Labute approximate surface area is 63.6 Å². The predicted molar refractivity (Wildman–Crippen MR) is 46.0 cm³/mol. The quantitative estimate of drug-likeness (QED) is 0.545. The van der Waals surface area contributed by atoms with Crippen LogP contribution < -0.4 is 0 Å². The van der Waals surface area contributed by atoms with E-state index in [9.17, 15) is 0 Å². The molecule has 10 heavy (non-hydrogen) atoms. The van der Waals surface area contributed by atoms with Gasteiger partial charge in [0.05, 0.1) is 0 Å². The molecule has 1 aliphatic rings. The van der Waals surface area contributed by atoms with Gasteiger partial charge in [0.15, 0.2) is 0 Å². The molecule has 0 unspecified atom stereocenters. The van der Waals surface area contributed by atoms with Crippen molar-refractivity contribution in [2.45, 2.75) is 40.0 Å². The van der Waals surface area contributed by atoms with Gasteiger partial charge in [-0.3, -0.25) is 0 Å². The molecular weight excluding hydrogens is 120 g/mol. The fourth-order valence-corrected chi connectivity index (χ4v) is 1.44. The van der Waals surface area contributed by atoms with Crippen molar-refractivity contribution in [1.82, 2.24) is 0 Å². The molecule has 0 amide bonds. The maximum Gasteiger partial charge on any atom is -0.0102 e. The zero-order valence-electron chi connectivity index (χ0n) is 7.20. The van der Waals surface area contributed by atoms with Crippen LogP contribution in [0.25, 0.3) is 0 Å². The summed E-state index contributed by atoms with van der Waals surface area (Å²) in [6, 6.07) is 0. The lowest BCUT2D eigenvalue weighted by atomic mass is 10.1. The highest BCUT2D eigenvalue weighted by Crippen LogP contribution is 2.26. The highest BCUT2D eigenvalue weighted by Gasteiger charge is 2.07. The Bertz CT molecular complexity index is 182. The highest BCUT2D eigenvalue weighted by molar-refractivity contribution is 5.36. The maximum atomic E-state index is 2.35. The molecule has 0 bridgehead atoms. The van der Waals surface area contributed by atoms with Gasteiger partial charge in [0, 0.05) is 0 Å². The van der Waals surface area contributed by atoms with Gasteiger partial charge >= 0.3 is 0 Å². The van der Waals surface area contributed by atoms with E-state index < -0.39 is 0 Å². The van der Waals surface area contributed by atoms with E-state index in [0.29, 0.717) is 0 Å². The summed E-state index contributed by atoms with van der Waals surface area (Å²) in [4.78, 5) is 0. The van der Waals surface area contributed by atoms with E-state index >= 15 is 0 Å². The first kappa shape index (κ1) is 7.59. The summed E-state index contributed by atoms with van der Waals surface area (Å²) in [5.41, 5.74) is 4.67. The Morgan fingerprint density at radius 2 is 2.10 bits per heavy atom. The van der Waals surface area contributed by atoms with Crippen molar-refractivity contribution >= 4 is 0 Å². The first-order chi connectivity index (χ1) is 4.74. The Hall–Kier alpha value is -0.520. The third kappa shape index (κ3) is 1.50. The molecule has 0 aromatic carbocycles. The van der Waals surface area contributed by atoms with E-state index in [1.54, 1.807) is 11.1 Å². The second-order valence-electron chi connectivity index (χ2n) is 3.19. The average Bonchev–Trinajstić information content (AvgIpc) is 2.14. The number of allylic oxidation sites excluding steroid dienone is 4. The molecule has 0 nitrogen and oxygen atoms in total. The lowest BCUT2D eigenvalue weighted by Crippen LogP contribution is -1.77. The third-order valence-corrected chi connectivity index (χ3v) is 2.16. The van der Waals surface area contributed by atoms with Crippen molar-refractivity contribution in [3.8, 4) is 0 Å². The third-order valence-electron chi connectivity index (χ3n) is 2.16. The fourth-order valence-electron chi connectivity index (χ4n) is 1.44. The Kier molecular flexibility index (Phi) is 2.31. The Morgan fingerprint density at radius 3 is 2.50 bits per heavy atom. The van der Waals surface area contributed by atoms with Crippen LogP contribution in [-0.2, 0) is 0 Å². The molecule has 0 spiro atoms. The molecule has 0 aliphatic heterocycles. The van der Waals surface area contributed by atoms with Crippen LogP contribution in [0.4, 0.5) is 0 Å². The molecule has 0 radical (unpaired) electrons. The number of hydrogen-bond donors (Lipinski definition) is 0. The molecular formula is C10H16. The largest absolute Gasteiger partial charge is 0.0663 e. The van der Waals surface area contributed by atoms with Gasteiger partial charge in [0.25, 0.3) is 0 Å². The van der Waals surface area contributed by atoms with Gasteiger partial charge < -0.3 is 0 Å². The second-order valence-corrected chi connectivity index (χ2v) is 3.19. The van der Waals surface area contributed by atoms with Crippen molar-refractivity contribution in [2.75, 3.05) is 0 Å². The Balaban J connectivity index is 2.52. The lowest BCUT2D eigenvalue weighted by Gasteiger charge is -1.97. The summed E-state index contributed by atoms with van der Waals surface area (Å²) in [7, 11) is 0. The molecule has 0 saturated heterocycles. The van der Waals surface area contributed by atoms with Crippen LogP contribution >= 0.6 is 0 Å². The van der Waals surface area contributed by atoms with Gasteiger partial charge in [-0.15, -0.1) is 0 Å². The van der Waals surface area contributed by atoms with E-state index in [4.69, 9.17) is 0 Å². The smallest absolute Gasteiger partial charge is 0.0102 e. The second kappa shape index (κ2) is 3.05. The maximum absolute atomic E-state index is 2.35. The van der Waals surface area contributed by atoms with Crippen LogP contribution in [0.5, 0.6) is 0 Å². The first-order valence-corrected chi connectivity index (χ1v) is 4.10. The molecule has 0 atom stereocenters. The fraction of sp³-hybridized carbons (Fsp3) is 0.600. The van der Waals surface area contributed by atoms with Crippen molar-refractivity contribution < 1.29 is 0 Å². The number of rotatable bonds is 2. The van der Waals surface area contributed by atoms with E-state index in [2.05, 4.69) is 26.8 Å². The van der Waals surface area contributed by atoms with Crippen molar-refractivity contribution in [3.63, 3.8) is 0 Å². The molecule has 0 heteroatoms. The van der Waals surface area contributed by atoms with Crippen LogP contribution in [0.3, 0.4) is 0 Å². The van der Waals surface area contributed by atoms with Gasteiger partial charge in [-0.2, -0.15) is 0 Å². The number of hydrogen-bond acceptors (Lipinski definition) is 0. The molecule has 0 aromatic heterocycles. The summed E-state index contributed by atoms with van der Waals surface area (Å²) >= 11 is 0. The molecule has 0 N–H and O–H groups in total. The minimum absolute atomic E-state index is 1.24. The molecule has 1 aliphatic carbocycles. The zero-order chi connectivity index (χ0) is 7.56. The van der Waals surface area contributed by atoms with Crippen molar-refractivity contribution in [2.24, 2.45) is 0 Å². The van der Waals surface area contributed by atoms with Crippen LogP contribution in [0.15, 0.2) is 22.8 Å². The molecule has 0 fully saturated rings. The minimum atomic E-state index is 1.24. The van der Waals surface area contributed by atoms with Crippen LogP contribution in [0, 0.1) is 0 Å². The molecule has 0 heterocycles. The monoisotopic (exact) mass is 136 g/mol. The topological polar surface area (TPSA) is 0 Å². The van der Waals surface area contributed by atoms with Gasteiger partial charge in [-0.25, -0.2) is 0 Å². The normalized spacial score (nSPS) is 18.1. The first-order valence-electron chi connectivity index (χ1n) is 4.10. The summed E-state index contributed by atoms with van der Waals surface area (Å²) in [6.07, 6.45) is 6.15. The molecule has 56 valence electrons. The summed E-state index contributed by atoms with van der Waals surface area (Å²) in [5, 5.41) is 0. The van der Waals surface area contributed by atoms with Crippen LogP contribution in [-0.4, -0.2) is 0 Å². The summed E-state index contributed by atoms with van der Waals surface area (Å²) in [6.45, 7) is 6.68. The molecule has 1 rings (SSSR count). The molecule has 0 aromatic rings. The van der Waals surface area contributed by atoms with E-state index in [0.717, 1.165) is 0 Å². The molecule has 0 saturated carbocycles. The van der Waals surface area contributed by atoms with Crippen molar-refractivity contribution in [1.29, 1.82) is 0 Å². The van der Waals surface area contributed by atoms with E-state index in [1.165, 1.54) is 24.8 Å². The van der Waals surface area contributed by atoms with Crippen molar-refractivity contribution in [3.05, 3.63) is 22.8 Å². The highest BCUT2D eigenvalue weighted by atomic mass is 14.1. The summed E-state index contributed by atoms with van der Waals surface area (Å²) in [5.74, 6) is 0. The SMILES string of the molecule is CCCC1=CC(C)=C(C)C1. The standard InChI is InChI=1S/C10H16/c1-4-5-10-6-8(2)9(3)7-10/h6H,4-5,7H2,1-3H3. The Morgan fingerprint density at radius 1 is 1.40 bits per heavy atom. The van der Waals surface area contributed by atoms with Crippen LogP contribution in [0.2, 0.25) is 0 Å². The lowest BCUT2D eigenvalue weighted by molar-refractivity contribution is 0.877. The van der Waals surface area contributed by atoms with E-state index in [1.807, 2.05) is 0 Å². The zero-order valence-corrected chi connectivity index (χ0v) is 7.20. The van der Waals surface area contributed by atoms with Gasteiger partial charge in [-0.1, -0.05) is 36.1 Å². The van der Waals surface area contributed by atoms with Crippen LogP contribution in [0.1, 0.15) is 40.0 Å². The minimum Gasteiger partial charge on any atom is -0.0663 e. The average molecular weight is 136 g/mol. The predicted octanol–water partition coefficient (Wildman–Crippen LogP) is 3.45. The van der Waals surface area contributed by atoms with E-state index in [-0.39, 0.29) is 0 Å². The van der Waals surface area contributed by atoms with Gasteiger partial charge in [0.2, 0.25) is 0 Å². The van der Waals surface area contributed by atoms with Gasteiger partial charge in [0.1, 0.15) is 0 Å².